The van der Waals surface area contributed by atoms with Crippen molar-refractivity contribution in [3.05, 3.63) is 23.6 Å². The van der Waals surface area contributed by atoms with Crippen molar-refractivity contribution in [1.82, 2.24) is 4.90 Å². The predicted octanol–water partition coefficient (Wildman–Crippen LogP) is 2.00. The van der Waals surface area contributed by atoms with Gasteiger partial charge in [0.1, 0.15) is 5.76 Å². The molecule has 0 N–H and O–H groups in total. The van der Waals surface area contributed by atoms with Crippen LogP contribution in [0.2, 0.25) is 0 Å². The molecule has 64 valence electrons. The van der Waals surface area contributed by atoms with Crippen molar-refractivity contribution in [3.8, 4) is 0 Å². The molecule has 0 amide bonds. The topological polar surface area (TPSA) is 12.5 Å². The van der Waals surface area contributed by atoms with Gasteiger partial charge in [0.25, 0.3) is 0 Å². The van der Waals surface area contributed by atoms with Gasteiger partial charge < -0.3 is 9.64 Å². The van der Waals surface area contributed by atoms with E-state index in [1.165, 1.54) is 5.70 Å². The van der Waals surface area contributed by atoms with Crippen LogP contribution in [-0.2, 0) is 4.74 Å². The smallest absolute Gasteiger partial charge is 0.116 e. The average Bonchev–Trinajstić information content (AvgIpc) is 1.99. The van der Waals surface area contributed by atoms with Gasteiger partial charge in [-0.15, -0.1) is 0 Å². The lowest BCUT2D eigenvalue weighted by molar-refractivity contribution is 0.304. The Bertz CT molecular complexity index is 168. The van der Waals surface area contributed by atoms with E-state index >= 15 is 0 Å². The van der Waals surface area contributed by atoms with Crippen molar-refractivity contribution in [3.63, 3.8) is 0 Å². The van der Waals surface area contributed by atoms with E-state index in [1.54, 1.807) is 7.11 Å². The fraction of sp³-hybridized carbons (Fsp3) is 0.556. The van der Waals surface area contributed by atoms with Crippen LogP contribution >= 0.6 is 0 Å². The Kier molecular flexibility index (Phi) is 4.42. The molecule has 2 heteroatoms. The maximum Gasteiger partial charge on any atom is 0.116 e. The Morgan fingerprint density at radius 1 is 1.36 bits per heavy atom. The van der Waals surface area contributed by atoms with Crippen LogP contribution in [0.3, 0.4) is 0 Å². The largest absolute Gasteiger partial charge is 0.497 e. The molecule has 0 aromatic heterocycles. The van der Waals surface area contributed by atoms with Gasteiger partial charge in [0.05, 0.1) is 7.11 Å². The Labute approximate surface area is 69.2 Å². The molecule has 0 spiro atoms. The lowest BCUT2D eigenvalue weighted by Crippen LogP contribution is -2.08. The molecule has 0 radical (unpaired) electrons. The zero-order chi connectivity index (χ0) is 8.85. The SMILES string of the molecule is C/C=C(\C=C(/C)N(C)C)OC. The fourth-order valence-corrected chi connectivity index (χ4v) is 0.595. The highest BCUT2D eigenvalue weighted by atomic mass is 16.5. The van der Waals surface area contributed by atoms with Crippen molar-refractivity contribution in [2.24, 2.45) is 0 Å². The Morgan fingerprint density at radius 2 is 1.91 bits per heavy atom. The van der Waals surface area contributed by atoms with Gasteiger partial charge in [-0.25, -0.2) is 0 Å². The molecular formula is C9H17NO. The van der Waals surface area contributed by atoms with Crippen LogP contribution in [0, 0.1) is 0 Å². The zero-order valence-electron chi connectivity index (χ0n) is 8.01. The molecule has 0 aliphatic rings. The summed E-state index contributed by atoms with van der Waals surface area (Å²) < 4.78 is 5.08. The molecule has 0 aliphatic heterocycles. The summed E-state index contributed by atoms with van der Waals surface area (Å²) >= 11 is 0. The number of hydrogen-bond acceptors (Lipinski definition) is 2. The van der Waals surface area contributed by atoms with E-state index in [0.29, 0.717) is 0 Å². The summed E-state index contributed by atoms with van der Waals surface area (Å²) in [5.41, 5.74) is 1.18. The van der Waals surface area contributed by atoms with Crippen molar-refractivity contribution in [2.45, 2.75) is 13.8 Å². The van der Waals surface area contributed by atoms with Crippen LogP contribution in [0.15, 0.2) is 23.6 Å². The van der Waals surface area contributed by atoms with Gasteiger partial charge in [0.2, 0.25) is 0 Å². The first-order valence-electron chi connectivity index (χ1n) is 3.67. The molecule has 0 atom stereocenters. The molecule has 0 aromatic rings. The van der Waals surface area contributed by atoms with Crippen molar-refractivity contribution < 1.29 is 4.74 Å². The number of allylic oxidation sites excluding steroid dienone is 3. The monoisotopic (exact) mass is 155 g/mol. The van der Waals surface area contributed by atoms with E-state index in [2.05, 4.69) is 0 Å². The summed E-state index contributed by atoms with van der Waals surface area (Å²) in [7, 11) is 5.69. The molecule has 0 saturated heterocycles. The molecule has 0 unspecified atom stereocenters. The molecule has 0 heterocycles. The van der Waals surface area contributed by atoms with E-state index in [-0.39, 0.29) is 0 Å². The number of methoxy groups -OCH3 is 1. The van der Waals surface area contributed by atoms with Crippen molar-refractivity contribution in [2.75, 3.05) is 21.2 Å². The van der Waals surface area contributed by atoms with Crippen LogP contribution in [-0.4, -0.2) is 26.1 Å². The summed E-state index contributed by atoms with van der Waals surface area (Å²) in [6.07, 6.45) is 3.94. The van der Waals surface area contributed by atoms with Crippen LogP contribution in [0.5, 0.6) is 0 Å². The quantitative estimate of drug-likeness (QED) is 0.456. The number of ether oxygens (including phenoxy) is 1. The van der Waals surface area contributed by atoms with Gasteiger partial charge in [-0.1, -0.05) is 0 Å². The Hall–Kier alpha value is -0.920. The standard InChI is InChI=1S/C9H17NO/c1-6-9(11-5)7-8(2)10(3)4/h6-7H,1-5H3/b8-7+,9-6+. The lowest BCUT2D eigenvalue weighted by atomic mass is 10.3. The van der Waals surface area contributed by atoms with E-state index in [0.717, 1.165) is 5.76 Å². The first-order chi connectivity index (χ1) is 5.11. The van der Waals surface area contributed by atoms with Gasteiger partial charge in [-0.2, -0.15) is 0 Å². The number of hydrogen-bond donors (Lipinski definition) is 0. The van der Waals surface area contributed by atoms with Gasteiger partial charge in [-0.05, 0) is 26.0 Å². The third-order valence-corrected chi connectivity index (χ3v) is 1.58. The number of nitrogens with zero attached hydrogens (tertiary/aromatic N) is 1. The molecule has 11 heavy (non-hydrogen) atoms. The third kappa shape index (κ3) is 3.71. The highest BCUT2D eigenvalue weighted by Crippen LogP contribution is 2.04. The third-order valence-electron chi connectivity index (χ3n) is 1.58. The molecule has 0 rings (SSSR count). The average molecular weight is 155 g/mol. The first-order valence-corrected chi connectivity index (χ1v) is 3.67. The normalized spacial score (nSPS) is 13.2. The van der Waals surface area contributed by atoms with Gasteiger partial charge in [0.15, 0.2) is 0 Å². The summed E-state index contributed by atoms with van der Waals surface area (Å²) in [6, 6.07) is 0. The molecule has 0 aliphatic carbocycles. The molecule has 0 fully saturated rings. The predicted molar refractivity (Wildman–Crippen MR) is 48.2 cm³/mol. The van der Waals surface area contributed by atoms with Crippen LogP contribution < -0.4 is 0 Å². The van der Waals surface area contributed by atoms with E-state index in [4.69, 9.17) is 4.74 Å². The molecule has 2 nitrogen and oxygen atoms in total. The molecule has 0 saturated carbocycles. The highest BCUT2D eigenvalue weighted by molar-refractivity contribution is 5.15. The minimum atomic E-state index is 0.899. The zero-order valence-corrected chi connectivity index (χ0v) is 8.01. The van der Waals surface area contributed by atoms with Crippen molar-refractivity contribution >= 4 is 0 Å². The minimum Gasteiger partial charge on any atom is -0.497 e. The second-order valence-electron chi connectivity index (χ2n) is 2.58. The molecule has 0 aromatic carbocycles. The fourth-order valence-electron chi connectivity index (χ4n) is 0.595. The Balaban J connectivity index is 4.28. The van der Waals surface area contributed by atoms with Crippen LogP contribution in [0.4, 0.5) is 0 Å². The van der Waals surface area contributed by atoms with Gasteiger partial charge >= 0.3 is 0 Å². The summed E-state index contributed by atoms with van der Waals surface area (Å²) in [5.74, 6) is 0.899. The second-order valence-corrected chi connectivity index (χ2v) is 2.58. The van der Waals surface area contributed by atoms with Crippen molar-refractivity contribution in [1.29, 1.82) is 0 Å². The Morgan fingerprint density at radius 3 is 2.18 bits per heavy atom. The molecular weight excluding hydrogens is 138 g/mol. The summed E-state index contributed by atoms with van der Waals surface area (Å²) in [6.45, 7) is 4.00. The molecule has 0 bridgehead atoms. The lowest BCUT2D eigenvalue weighted by Gasteiger charge is -2.12. The van der Waals surface area contributed by atoms with E-state index < -0.39 is 0 Å². The van der Waals surface area contributed by atoms with Crippen LogP contribution in [0.1, 0.15) is 13.8 Å². The minimum absolute atomic E-state index is 0.899. The number of rotatable bonds is 3. The van der Waals surface area contributed by atoms with E-state index in [9.17, 15) is 0 Å². The summed E-state index contributed by atoms with van der Waals surface area (Å²) in [5, 5.41) is 0. The second kappa shape index (κ2) is 4.83. The van der Waals surface area contributed by atoms with E-state index in [1.807, 2.05) is 45.0 Å². The van der Waals surface area contributed by atoms with Gasteiger partial charge in [0, 0.05) is 19.8 Å². The maximum absolute atomic E-state index is 5.08. The summed E-state index contributed by atoms with van der Waals surface area (Å²) in [4.78, 5) is 2.04. The maximum atomic E-state index is 5.08. The van der Waals surface area contributed by atoms with Gasteiger partial charge in [-0.3, -0.25) is 0 Å². The van der Waals surface area contributed by atoms with Crippen LogP contribution in [0.25, 0.3) is 0 Å². The first kappa shape index (κ1) is 10.1. The highest BCUT2D eigenvalue weighted by Gasteiger charge is 1.93.